The molecule has 1 amide bonds. The first-order valence-electron chi connectivity index (χ1n) is 11.0. The van der Waals surface area contributed by atoms with E-state index >= 15 is 0 Å². The van der Waals surface area contributed by atoms with Crippen molar-refractivity contribution in [1.29, 1.82) is 0 Å². The number of nitrogens with one attached hydrogen (secondary N) is 1. The van der Waals surface area contributed by atoms with E-state index in [2.05, 4.69) is 31.3 Å². The number of hydrogen-bond donors (Lipinski definition) is 1. The van der Waals surface area contributed by atoms with Gasteiger partial charge in [-0.2, -0.15) is 5.10 Å². The maximum Gasteiger partial charge on any atom is 0.271 e. The molecule has 0 heterocycles. The summed E-state index contributed by atoms with van der Waals surface area (Å²) in [5, 5.41) is 4.04. The Morgan fingerprint density at radius 2 is 1.59 bits per heavy atom. The van der Waals surface area contributed by atoms with Gasteiger partial charge < -0.3 is 0 Å². The molecule has 3 rings (SSSR count). The van der Waals surface area contributed by atoms with Crippen molar-refractivity contribution in [1.82, 2.24) is 5.43 Å². The Morgan fingerprint density at radius 3 is 2.15 bits per heavy atom. The molecule has 0 spiro atoms. The van der Waals surface area contributed by atoms with Crippen LogP contribution in [0.5, 0.6) is 0 Å². The van der Waals surface area contributed by atoms with E-state index in [1.165, 1.54) is 16.1 Å². The largest absolute Gasteiger partial charge is 0.271 e. The van der Waals surface area contributed by atoms with E-state index in [4.69, 9.17) is 0 Å². The molecule has 0 aliphatic carbocycles. The SMILES string of the molecule is Cc1ccccc1CN(c1ccc(C(=O)N/N=C\c2ccc(C(C)(C)C)cc2)cc1)S(C)(=O)=O. The monoisotopic (exact) mass is 477 g/mol. The molecule has 0 fully saturated rings. The molecule has 0 aliphatic rings. The second-order valence-electron chi connectivity index (χ2n) is 9.31. The molecule has 0 bridgehead atoms. The van der Waals surface area contributed by atoms with Gasteiger partial charge in [-0.05, 0) is 58.9 Å². The van der Waals surface area contributed by atoms with Crippen LogP contribution in [0.1, 0.15) is 53.4 Å². The number of carbonyl (C=O) groups excluding carboxylic acids is 1. The summed E-state index contributed by atoms with van der Waals surface area (Å²) in [5.41, 5.74) is 7.49. The molecule has 3 aromatic carbocycles. The van der Waals surface area contributed by atoms with Crippen LogP contribution in [0, 0.1) is 6.92 Å². The van der Waals surface area contributed by atoms with Crippen molar-refractivity contribution < 1.29 is 13.2 Å². The topological polar surface area (TPSA) is 78.8 Å². The zero-order chi connectivity index (χ0) is 24.9. The number of benzene rings is 3. The Balaban J connectivity index is 1.69. The third-order valence-electron chi connectivity index (χ3n) is 5.55. The Hall–Kier alpha value is -3.45. The number of anilines is 1. The summed E-state index contributed by atoms with van der Waals surface area (Å²) >= 11 is 0. The van der Waals surface area contributed by atoms with Gasteiger partial charge in [0.25, 0.3) is 5.91 Å². The van der Waals surface area contributed by atoms with Gasteiger partial charge >= 0.3 is 0 Å². The van der Waals surface area contributed by atoms with Crippen molar-refractivity contribution in [3.05, 3.63) is 101 Å². The predicted molar refractivity (Wildman–Crippen MR) is 139 cm³/mol. The number of nitrogens with zero attached hydrogens (tertiary/aromatic N) is 2. The van der Waals surface area contributed by atoms with Gasteiger partial charge in [0.15, 0.2) is 0 Å². The maximum atomic E-state index is 12.5. The van der Waals surface area contributed by atoms with E-state index in [-0.39, 0.29) is 17.9 Å². The lowest BCUT2D eigenvalue weighted by Crippen LogP contribution is -2.29. The average molecular weight is 478 g/mol. The lowest BCUT2D eigenvalue weighted by Gasteiger charge is -2.23. The highest BCUT2D eigenvalue weighted by atomic mass is 32.2. The van der Waals surface area contributed by atoms with Gasteiger partial charge in [0, 0.05) is 5.56 Å². The number of amides is 1. The number of hydrazone groups is 1. The van der Waals surface area contributed by atoms with Crippen molar-refractivity contribution in [2.45, 2.75) is 39.7 Å². The average Bonchev–Trinajstić information content (AvgIpc) is 2.77. The third kappa shape index (κ3) is 6.54. The molecule has 34 heavy (non-hydrogen) atoms. The van der Waals surface area contributed by atoms with Gasteiger partial charge in [0.05, 0.1) is 24.7 Å². The Kier molecular flexibility index (Phi) is 7.57. The van der Waals surface area contributed by atoms with Gasteiger partial charge in [-0.15, -0.1) is 0 Å². The Morgan fingerprint density at radius 1 is 0.971 bits per heavy atom. The molecule has 3 aromatic rings. The Labute approximate surface area is 202 Å². The molecule has 0 aromatic heterocycles. The summed E-state index contributed by atoms with van der Waals surface area (Å²) in [4.78, 5) is 12.5. The first kappa shape index (κ1) is 25.2. The molecule has 0 atom stereocenters. The minimum Gasteiger partial charge on any atom is -0.267 e. The summed E-state index contributed by atoms with van der Waals surface area (Å²) in [7, 11) is -3.51. The molecule has 7 heteroatoms. The zero-order valence-electron chi connectivity index (χ0n) is 20.2. The second-order valence-corrected chi connectivity index (χ2v) is 11.2. The predicted octanol–water partition coefficient (Wildman–Crippen LogP) is 5.02. The van der Waals surface area contributed by atoms with Gasteiger partial charge in [0.1, 0.15) is 0 Å². The third-order valence-corrected chi connectivity index (χ3v) is 6.69. The summed E-state index contributed by atoms with van der Waals surface area (Å²) in [5.74, 6) is -0.376. The van der Waals surface area contributed by atoms with Crippen LogP contribution in [0.4, 0.5) is 5.69 Å². The zero-order valence-corrected chi connectivity index (χ0v) is 21.1. The molecule has 0 aliphatic heterocycles. The molecule has 6 nitrogen and oxygen atoms in total. The number of sulfonamides is 1. The van der Waals surface area contributed by atoms with Crippen LogP contribution in [-0.4, -0.2) is 26.8 Å². The van der Waals surface area contributed by atoms with E-state index < -0.39 is 10.0 Å². The van der Waals surface area contributed by atoms with Gasteiger partial charge in [0.2, 0.25) is 10.0 Å². The van der Waals surface area contributed by atoms with Gasteiger partial charge in [-0.25, -0.2) is 13.8 Å². The minimum atomic E-state index is -3.51. The van der Waals surface area contributed by atoms with Crippen LogP contribution >= 0.6 is 0 Å². The van der Waals surface area contributed by atoms with E-state index in [0.29, 0.717) is 11.3 Å². The fourth-order valence-electron chi connectivity index (χ4n) is 3.42. The lowest BCUT2D eigenvalue weighted by molar-refractivity contribution is 0.0955. The highest BCUT2D eigenvalue weighted by molar-refractivity contribution is 7.92. The maximum absolute atomic E-state index is 12.5. The molecule has 0 unspecified atom stereocenters. The normalized spacial score (nSPS) is 12.0. The highest BCUT2D eigenvalue weighted by Crippen LogP contribution is 2.23. The molecule has 0 saturated carbocycles. The van der Waals surface area contributed by atoms with Crippen molar-refractivity contribution in [2.75, 3.05) is 10.6 Å². The van der Waals surface area contributed by atoms with Crippen LogP contribution in [0.15, 0.2) is 77.9 Å². The number of aryl methyl sites for hydroxylation is 1. The summed E-state index contributed by atoms with van der Waals surface area (Å²) < 4.78 is 26.2. The summed E-state index contributed by atoms with van der Waals surface area (Å²) in [6.07, 6.45) is 2.76. The van der Waals surface area contributed by atoms with E-state index in [1.54, 1.807) is 30.5 Å². The molecular weight excluding hydrogens is 446 g/mol. The smallest absolute Gasteiger partial charge is 0.267 e. The number of carbonyl (C=O) groups is 1. The standard InChI is InChI=1S/C27H31N3O3S/c1-20-8-6-7-9-23(20)19-30(34(5,32)33)25-16-12-22(13-17-25)26(31)29-28-18-21-10-14-24(15-11-21)27(2,3)4/h6-18H,19H2,1-5H3,(H,29,31)/b28-18-. The second kappa shape index (κ2) is 10.2. The van der Waals surface area contributed by atoms with Gasteiger partial charge in [-0.3, -0.25) is 9.10 Å². The first-order valence-corrected chi connectivity index (χ1v) is 12.9. The lowest BCUT2D eigenvalue weighted by atomic mass is 9.87. The number of rotatable bonds is 7. The first-order chi connectivity index (χ1) is 15.9. The summed E-state index contributed by atoms with van der Waals surface area (Å²) in [6, 6.07) is 22.1. The van der Waals surface area contributed by atoms with Crippen molar-refractivity contribution in [2.24, 2.45) is 5.10 Å². The number of hydrogen-bond acceptors (Lipinski definition) is 4. The molecule has 178 valence electrons. The molecule has 1 N–H and O–H groups in total. The van der Waals surface area contributed by atoms with Crippen LogP contribution in [-0.2, 0) is 22.0 Å². The van der Waals surface area contributed by atoms with Crippen molar-refractivity contribution in [3.8, 4) is 0 Å². The van der Waals surface area contributed by atoms with E-state index in [1.807, 2.05) is 55.5 Å². The summed E-state index contributed by atoms with van der Waals surface area (Å²) in [6.45, 7) is 8.62. The minimum absolute atomic E-state index is 0.0721. The fraction of sp³-hybridized carbons (Fsp3) is 0.259. The highest BCUT2D eigenvalue weighted by Gasteiger charge is 2.19. The van der Waals surface area contributed by atoms with Crippen molar-refractivity contribution >= 4 is 27.8 Å². The molecule has 0 radical (unpaired) electrons. The van der Waals surface area contributed by atoms with E-state index in [9.17, 15) is 13.2 Å². The van der Waals surface area contributed by atoms with Crippen molar-refractivity contribution in [3.63, 3.8) is 0 Å². The van der Waals surface area contributed by atoms with Gasteiger partial charge in [-0.1, -0.05) is 69.3 Å². The van der Waals surface area contributed by atoms with Crippen LogP contribution < -0.4 is 9.73 Å². The van der Waals surface area contributed by atoms with E-state index in [0.717, 1.165) is 16.7 Å². The quantitative estimate of drug-likeness (QED) is 0.383. The van der Waals surface area contributed by atoms with Crippen LogP contribution in [0.25, 0.3) is 0 Å². The van der Waals surface area contributed by atoms with Crippen LogP contribution in [0.3, 0.4) is 0 Å². The molecule has 0 saturated heterocycles. The Bertz CT molecular complexity index is 1270. The molecular formula is C27H31N3O3S. The van der Waals surface area contributed by atoms with Crippen LogP contribution in [0.2, 0.25) is 0 Å². The fourth-order valence-corrected chi connectivity index (χ4v) is 4.30.